The van der Waals surface area contributed by atoms with E-state index >= 15 is 0 Å². The Morgan fingerprint density at radius 3 is 1.90 bits per heavy atom. The SMILES string of the molecule is C=Cc1ccc2c(c1C=C)c1cccc(-c3cccc(-c4cccc5c4-c4ccccc4C5(C)C)c3)c1n2-c1cccc(-c2nc(-c3ccccc3)nc(-c3ccc4c(c3)oc3ccccc34)n2)c1. The second kappa shape index (κ2) is 15.6. The molecule has 0 N–H and O–H groups in total. The Hall–Kier alpha value is -8.93. The molecule has 12 aromatic rings. The Labute approximate surface area is 400 Å². The third-order valence-corrected chi connectivity index (χ3v) is 14.2. The van der Waals surface area contributed by atoms with Crippen LogP contribution in [0.25, 0.3) is 129 Å². The highest BCUT2D eigenvalue weighted by atomic mass is 16.3. The van der Waals surface area contributed by atoms with E-state index in [0.29, 0.717) is 17.5 Å². The van der Waals surface area contributed by atoms with Gasteiger partial charge in [-0.05, 0) is 92.5 Å². The van der Waals surface area contributed by atoms with Gasteiger partial charge in [0.2, 0.25) is 0 Å². The van der Waals surface area contributed by atoms with E-state index in [1.807, 2.05) is 66.7 Å². The maximum absolute atomic E-state index is 6.33. The Bertz CT molecular complexity index is 4100. The molecule has 0 saturated carbocycles. The van der Waals surface area contributed by atoms with Gasteiger partial charge in [-0.3, -0.25) is 0 Å². The predicted molar refractivity (Wildman–Crippen MR) is 286 cm³/mol. The molecule has 0 saturated heterocycles. The van der Waals surface area contributed by atoms with E-state index < -0.39 is 0 Å². The first-order valence-electron chi connectivity index (χ1n) is 23.4. The van der Waals surface area contributed by atoms with Crippen LogP contribution in [0.4, 0.5) is 0 Å². The summed E-state index contributed by atoms with van der Waals surface area (Å²) in [4.78, 5) is 15.5. The summed E-state index contributed by atoms with van der Waals surface area (Å²) in [5, 5.41) is 4.38. The van der Waals surface area contributed by atoms with Gasteiger partial charge in [-0.1, -0.05) is 191 Å². The highest BCUT2D eigenvalue weighted by Gasteiger charge is 2.36. The molecule has 5 nitrogen and oxygen atoms in total. The third-order valence-electron chi connectivity index (χ3n) is 14.2. The first kappa shape index (κ1) is 40.4. The van der Waals surface area contributed by atoms with Gasteiger partial charge >= 0.3 is 0 Å². The maximum atomic E-state index is 6.33. The molecule has 69 heavy (non-hydrogen) atoms. The Morgan fingerprint density at radius 2 is 1.07 bits per heavy atom. The lowest BCUT2D eigenvalue weighted by Crippen LogP contribution is -2.14. The van der Waals surface area contributed by atoms with Gasteiger partial charge in [-0.15, -0.1) is 0 Å². The number of rotatable bonds is 8. The molecular weight excluding hydrogens is 841 g/mol. The van der Waals surface area contributed by atoms with Crippen LogP contribution in [0, 0.1) is 0 Å². The van der Waals surface area contributed by atoms with Crippen molar-refractivity contribution in [3.05, 3.63) is 230 Å². The van der Waals surface area contributed by atoms with Gasteiger partial charge in [0, 0.05) is 54.9 Å². The Balaban J connectivity index is 1.01. The molecule has 0 amide bonds. The number of benzene rings is 9. The molecule has 0 aliphatic heterocycles. The summed E-state index contributed by atoms with van der Waals surface area (Å²) in [6, 6.07) is 68.7. The lowest BCUT2D eigenvalue weighted by Gasteiger charge is -2.21. The summed E-state index contributed by atoms with van der Waals surface area (Å²) in [6.45, 7) is 13.2. The summed E-state index contributed by atoms with van der Waals surface area (Å²) in [6.07, 6.45) is 3.88. The van der Waals surface area contributed by atoms with E-state index in [9.17, 15) is 0 Å². The van der Waals surface area contributed by atoms with Crippen molar-refractivity contribution in [1.82, 2.24) is 19.5 Å². The summed E-state index contributed by atoms with van der Waals surface area (Å²) in [5.41, 5.74) is 19.4. The minimum atomic E-state index is -0.0937. The summed E-state index contributed by atoms with van der Waals surface area (Å²) >= 11 is 0. The van der Waals surface area contributed by atoms with E-state index in [1.165, 1.54) is 33.4 Å². The number of hydrogen-bond donors (Lipinski definition) is 0. The lowest BCUT2D eigenvalue weighted by atomic mass is 9.82. The van der Waals surface area contributed by atoms with Crippen molar-refractivity contribution in [3.8, 4) is 73.2 Å². The molecule has 13 rings (SSSR count). The van der Waals surface area contributed by atoms with E-state index in [0.717, 1.165) is 88.4 Å². The zero-order valence-corrected chi connectivity index (χ0v) is 38.2. The van der Waals surface area contributed by atoms with Crippen LogP contribution >= 0.6 is 0 Å². The van der Waals surface area contributed by atoms with Crippen LogP contribution in [0.5, 0.6) is 0 Å². The molecule has 0 spiro atoms. The molecular formula is C64H44N4O. The van der Waals surface area contributed by atoms with Crippen LogP contribution in [0.1, 0.15) is 36.1 Å². The van der Waals surface area contributed by atoms with Crippen LogP contribution in [0.15, 0.2) is 212 Å². The van der Waals surface area contributed by atoms with Crippen LogP contribution in [-0.4, -0.2) is 19.5 Å². The van der Waals surface area contributed by atoms with Gasteiger partial charge in [-0.2, -0.15) is 0 Å². The number of fused-ring (bicyclic) bond motifs is 9. The fourth-order valence-corrected chi connectivity index (χ4v) is 10.9. The standard InChI is InChI=1S/C64H44N4O/c1-5-39-33-35-55-59(46(39)6-2)52-28-16-27-48(42-21-14-20-41(36-42)47-26-17-30-54-58(47)51-25-10-12-29-53(51)64(54,3)4)60(52)68(55)45-23-15-22-43(37-45)62-65-61(40-18-8-7-9-19-40)66-63(67-62)44-32-34-50-49-24-11-13-31-56(49)69-57(50)38-44/h5-38H,1-2H2,3-4H3. The van der Waals surface area contributed by atoms with Gasteiger partial charge < -0.3 is 8.98 Å². The first-order valence-corrected chi connectivity index (χ1v) is 23.4. The highest BCUT2D eigenvalue weighted by Crippen LogP contribution is 2.52. The highest BCUT2D eigenvalue weighted by molar-refractivity contribution is 6.17. The monoisotopic (exact) mass is 884 g/mol. The van der Waals surface area contributed by atoms with Crippen LogP contribution < -0.4 is 0 Å². The van der Waals surface area contributed by atoms with Gasteiger partial charge in [0.25, 0.3) is 0 Å². The molecule has 3 heterocycles. The number of para-hydroxylation sites is 2. The molecule has 0 fully saturated rings. The molecule has 0 unspecified atom stereocenters. The van der Waals surface area contributed by atoms with E-state index in [2.05, 4.69) is 171 Å². The fraction of sp³-hybridized carbons (Fsp3) is 0.0469. The Morgan fingerprint density at radius 1 is 0.464 bits per heavy atom. The predicted octanol–water partition coefficient (Wildman–Crippen LogP) is 16.8. The second-order valence-corrected chi connectivity index (χ2v) is 18.4. The van der Waals surface area contributed by atoms with Crippen molar-refractivity contribution >= 4 is 55.9 Å². The van der Waals surface area contributed by atoms with Gasteiger partial charge in [0.1, 0.15) is 11.2 Å². The summed E-state index contributed by atoms with van der Waals surface area (Å²) in [5.74, 6) is 1.72. The number of aromatic nitrogens is 4. The quantitative estimate of drug-likeness (QED) is 0.153. The lowest BCUT2D eigenvalue weighted by molar-refractivity contribution is 0.660. The van der Waals surface area contributed by atoms with Gasteiger partial charge in [0.05, 0.1) is 11.0 Å². The topological polar surface area (TPSA) is 56.7 Å². The average Bonchev–Trinajstić information content (AvgIpc) is 4.03. The molecule has 0 bridgehead atoms. The zero-order chi connectivity index (χ0) is 46.4. The summed E-state index contributed by atoms with van der Waals surface area (Å²) in [7, 11) is 0. The zero-order valence-electron chi connectivity index (χ0n) is 38.2. The molecule has 9 aromatic carbocycles. The van der Waals surface area contributed by atoms with Crippen molar-refractivity contribution in [2.75, 3.05) is 0 Å². The van der Waals surface area contributed by atoms with Crippen molar-refractivity contribution in [2.24, 2.45) is 0 Å². The first-order chi connectivity index (χ1) is 33.9. The molecule has 0 atom stereocenters. The smallest absolute Gasteiger partial charge is 0.164 e. The summed E-state index contributed by atoms with van der Waals surface area (Å²) < 4.78 is 8.72. The van der Waals surface area contributed by atoms with Crippen molar-refractivity contribution in [1.29, 1.82) is 0 Å². The van der Waals surface area contributed by atoms with Crippen LogP contribution in [0.2, 0.25) is 0 Å². The van der Waals surface area contributed by atoms with E-state index in [4.69, 9.17) is 19.4 Å². The third kappa shape index (κ3) is 6.28. The van der Waals surface area contributed by atoms with Crippen molar-refractivity contribution < 1.29 is 4.42 Å². The molecule has 1 aliphatic rings. The van der Waals surface area contributed by atoms with E-state index in [1.54, 1.807) is 0 Å². The maximum Gasteiger partial charge on any atom is 0.164 e. The second-order valence-electron chi connectivity index (χ2n) is 18.4. The normalized spacial score (nSPS) is 12.7. The fourth-order valence-electron chi connectivity index (χ4n) is 10.9. The molecule has 0 radical (unpaired) electrons. The molecule has 326 valence electrons. The van der Waals surface area contributed by atoms with Crippen LogP contribution in [0.3, 0.4) is 0 Å². The molecule has 1 aliphatic carbocycles. The minimum Gasteiger partial charge on any atom is -0.456 e. The number of nitrogens with zero attached hydrogens (tertiary/aromatic N) is 4. The van der Waals surface area contributed by atoms with Gasteiger partial charge in [-0.25, -0.2) is 15.0 Å². The molecule has 5 heteroatoms. The number of furan rings is 1. The van der Waals surface area contributed by atoms with Crippen molar-refractivity contribution in [2.45, 2.75) is 19.3 Å². The average molecular weight is 885 g/mol. The van der Waals surface area contributed by atoms with Crippen LogP contribution in [-0.2, 0) is 5.41 Å². The van der Waals surface area contributed by atoms with Gasteiger partial charge in [0.15, 0.2) is 17.5 Å². The minimum absolute atomic E-state index is 0.0937. The van der Waals surface area contributed by atoms with E-state index in [-0.39, 0.29) is 5.41 Å². The largest absolute Gasteiger partial charge is 0.456 e. The molecule has 3 aromatic heterocycles. The Kier molecular flexibility index (Phi) is 9.11. The number of hydrogen-bond acceptors (Lipinski definition) is 4. The van der Waals surface area contributed by atoms with Crippen molar-refractivity contribution in [3.63, 3.8) is 0 Å².